The number of hydrogen-bond acceptors (Lipinski definition) is 3. The number of thiazole rings is 1. The molecule has 1 fully saturated rings. The lowest BCUT2D eigenvalue weighted by molar-refractivity contribution is 0.589. The van der Waals surface area contributed by atoms with Gasteiger partial charge in [0.15, 0.2) is 0 Å². The van der Waals surface area contributed by atoms with Gasteiger partial charge in [0.2, 0.25) is 0 Å². The van der Waals surface area contributed by atoms with Gasteiger partial charge in [-0.3, -0.25) is 0 Å². The highest BCUT2D eigenvalue weighted by Gasteiger charge is 2.30. The van der Waals surface area contributed by atoms with Crippen LogP contribution in [0, 0.1) is 18.6 Å². The molecule has 1 aliphatic heterocycles. The second kappa shape index (κ2) is 5.91. The van der Waals surface area contributed by atoms with Crippen LogP contribution in [0.25, 0.3) is 11.3 Å². The minimum absolute atomic E-state index is 0.0225. The summed E-state index contributed by atoms with van der Waals surface area (Å²) in [6, 6.07) is 5.86. The number of rotatable bonds is 3. The quantitative estimate of drug-likeness (QED) is 0.689. The lowest BCUT2D eigenvalue weighted by atomic mass is 10.1. The molecule has 2 aliphatic rings. The molecule has 0 atom stereocenters. The van der Waals surface area contributed by atoms with Gasteiger partial charge < -0.3 is 9.88 Å². The highest BCUT2D eigenvalue weighted by atomic mass is 32.1. The van der Waals surface area contributed by atoms with E-state index in [0.29, 0.717) is 11.6 Å². The number of aromatic amines is 1. The summed E-state index contributed by atoms with van der Waals surface area (Å²) in [5.74, 6) is 0.660. The van der Waals surface area contributed by atoms with Gasteiger partial charge in [-0.1, -0.05) is 6.07 Å². The van der Waals surface area contributed by atoms with E-state index in [9.17, 15) is 8.78 Å². The van der Waals surface area contributed by atoms with Crippen molar-refractivity contribution in [3.63, 3.8) is 0 Å². The average molecular weight is 371 g/mol. The number of aromatic nitrogens is 2. The van der Waals surface area contributed by atoms with Crippen molar-refractivity contribution in [1.82, 2.24) is 9.97 Å². The predicted octanol–water partition coefficient (Wildman–Crippen LogP) is 5.16. The number of aryl methyl sites for hydroxylation is 1. The molecule has 0 saturated heterocycles. The van der Waals surface area contributed by atoms with Crippen molar-refractivity contribution in [2.45, 2.75) is 38.6 Å². The third-order valence-electron chi connectivity index (χ3n) is 5.23. The van der Waals surface area contributed by atoms with E-state index in [-0.39, 0.29) is 5.56 Å². The number of benzene rings is 1. The molecular formula is C20H19F2N3S. The molecule has 0 unspecified atom stereocenters. The van der Waals surface area contributed by atoms with E-state index in [1.807, 2.05) is 6.07 Å². The first-order chi connectivity index (χ1) is 12.6. The Morgan fingerprint density at radius 3 is 2.73 bits per heavy atom. The standard InChI is InChI=1S/C20H19F2N3S/c1-11-19(24-20(26-11)12-5-6-12)25-8-7-16-13(10-25)9-17(23-16)18-14(21)3-2-4-15(18)22/h2-4,9,12,23H,5-8,10H2,1H3. The molecular weight excluding hydrogens is 352 g/mol. The first kappa shape index (κ1) is 16.0. The van der Waals surface area contributed by atoms with Crippen molar-refractivity contribution < 1.29 is 8.78 Å². The number of anilines is 1. The van der Waals surface area contributed by atoms with Crippen LogP contribution >= 0.6 is 11.3 Å². The van der Waals surface area contributed by atoms with Gasteiger partial charge in [-0.05, 0) is 43.5 Å². The fourth-order valence-corrected chi connectivity index (χ4v) is 4.83. The SMILES string of the molecule is Cc1sc(C2CC2)nc1N1CCc2[nH]c(-c3c(F)cccc3F)cc2C1. The maximum Gasteiger partial charge on any atom is 0.143 e. The smallest absolute Gasteiger partial charge is 0.143 e. The lowest BCUT2D eigenvalue weighted by Gasteiger charge is -2.27. The van der Waals surface area contributed by atoms with Crippen molar-refractivity contribution >= 4 is 17.2 Å². The van der Waals surface area contributed by atoms with Crippen LogP contribution in [-0.4, -0.2) is 16.5 Å². The Morgan fingerprint density at radius 1 is 1.23 bits per heavy atom. The lowest BCUT2D eigenvalue weighted by Crippen LogP contribution is -2.30. The monoisotopic (exact) mass is 371 g/mol. The molecule has 3 aromatic rings. The van der Waals surface area contributed by atoms with Crippen molar-refractivity contribution in [2.75, 3.05) is 11.4 Å². The summed E-state index contributed by atoms with van der Waals surface area (Å²) in [6.45, 7) is 3.71. The molecule has 1 saturated carbocycles. The van der Waals surface area contributed by atoms with E-state index in [1.54, 1.807) is 11.3 Å². The number of halogens is 2. The zero-order valence-electron chi connectivity index (χ0n) is 14.5. The zero-order chi connectivity index (χ0) is 17.8. The Morgan fingerprint density at radius 2 is 2.00 bits per heavy atom. The topological polar surface area (TPSA) is 31.9 Å². The van der Waals surface area contributed by atoms with Crippen LogP contribution in [0.1, 0.15) is 39.9 Å². The summed E-state index contributed by atoms with van der Waals surface area (Å²) >= 11 is 1.81. The van der Waals surface area contributed by atoms with Gasteiger partial charge in [-0.15, -0.1) is 11.3 Å². The van der Waals surface area contributed by atoms with E-state index in [0.717, 1.165) is 36.6 Å². The van der Waals surface area contributed by atoms with Gasteiger partial charge >= 0.3 is 0 Å². The van der Waals surface area contributed by atoms with Gasteiger partial charge in [-0.2, -0.15) is 0 Å². The van der Waals surface area contributed by atoms with Crippen LogP contribution < -0.4 is 4.90 Å². The first-order valence-corrected chi connectivity index (χ1v) is 9.79. The molecule has 26 heavy (non-hydrogen) atoms. The molecule has 1 N–H and O–H groups in total. The second-order valence-corrected chi connectivity index (χ2v) is 8.40. The van der Waals surface area contributed by atoms with Gasteiger partial charge in [0.05, 0.1) is 16.3 Å². The molecule has 0 bridgehead atoms. The molecule has 0 radical (unpaired) electrons. The average Bonchev–Trinajstić information content (AvgIpc) is 3.26. The molecule has 6 heteroatoms. The Bertz CT molecular complexity index is 967. The Labute approximate surface area is 154 Å². The van der Waals surface area contributed by atoms with Crippen LogP contribution in [0.15, 0.2) is 24.3 Å². The fraction of sp³-hybridized carbons (Fsp3) is 0.350. The Kier molecular flexibility index (Phi) is 3.64. The number of hydrogen-bond donors (Lipinski definition) is 1. The molecule has 3 nitrogen and oxygen atoms in total. The molecule has 134 valence electrons. The molecule has 3 heterocycles. The number of fused-ring (bicyclic) bond motifs is 1. The van der Waals surface area contributed by atoms with Gasteiger partial charge in [0, 0.05) is 36.0 Å². The minimum atomic E-state index is -0.537. The summed E-state index contributed by atoms with van der Waals surface area (Å²) in [5, 5.41) is 1.26. The predicted molar refractivity (Wildman–Crippen MR) is 99.7 cm³/mol. The molecule has 2 aromatic heterocycles. The number of H-pyrrole nitrogens is 1. The Hall–Kier alpha value is -2.21. The third-order valence-corrected chi connectivity index (χ3v) is 6.35. The second-order valence-electron chi connectivity index (χ2n) is 7.16. The van der Waals surface area contributed by atoms with Crippen LogP contribution in [0.5, 0.6) is 0 Å². The molecule has 5 rings (SSSR count). The normalized spacial score (nSPS) is 16.8. The van der Waals surface area contributed by atoms with E-state index < -0.39 is 11.6 Å². The largest absolute Gasteiger partial charge is 0.358 e. The molecule has 1 aromatic carbocycles. The molecule has 0 amide bonds. The van der Waals surface area contributed by atoms with Crippen molar-refractivity contribution in [3.05, 3.63) is 57.0 Å². The van der Waals surface area contributed by atoms with E-state index in [4.69, 9.17) is 4.98 Å². The highest BCUT2D eigenvalue weighted by molar-refractivity contribution is 7.12. The van der Waals surface area contributed by atoms with Gasteiger partial charge in [0.25, 0.3) is 0 Å². The maximum absolute atomic E-state index is 14.1. The Balaban J connectivity index is 1.46. The highest BCUT2D eigenvalue weighted by Crippen LogP contribution is 2.44. The van der Waals surface area contributed by atoms with Gasteiger partial charge in [0.1, 0.15) is 17.5 Å². The summed E-state index contributed by atoms with van der Waals surface area (Å²) in [4.78, 5) is 11.6. The number of nitrogens with one attached hydrogen (secondary N) is 1. The van der Waals surface area contributed by atoms with Crippen LogP contribution in [-0.2, 0) is 13.0 Å². The minimum Gasteiger partial charge on any atom is -0.358 e. The van der Waals surface area contributed by atoms with Crippen molar-refractivity contribution in [3.8, 4) is 11.3 Å². The summed E-state index contributed by atoms with van der Waals surface area (Å²) in [5.41, 5.74) is 2.69. The summed E-state index contributed by atoms with van der Waals surface area (Å²) < 4.78 is 28.2. The maximum atomic E-state index is 14.1. The van der Waals surface area contributed by atoms with E-state index in [2.05, 4.69) is 16.8 Å². The number of nitrogens with zero attached hydrogens (tertiary/aromatic N) is 2. The zero-order valence-corrected chi connectivity index (χ0v) is 15.3. The van der Waals surface area contributed by atoms with Crippen molar-refractivity contribution in [2.24, 2.45) is 0 Å². The molecule has 0 spiro atoms. The summed E-state index contributed by atoms with van der Waals surface area (Å²) in [7, 11) is 0. The van der Waals surface area contributed by atoms with Crippen LogP contribution in [0.4, 0.5) is 14.6 Å². The van der Waals surface area contributed by atoms with E-state index >= 15 is 0 Å². The first-order valence-electron chi connectivity index (χ1n) is 8.97. The van der Waals surface area contributed by atoms with Crippen LogP contribution in [0.3, 0.4) is 0 Å². The molecule has 1 aliphatic carbocycles. The van der Waals surface area contributed by atoms with E-state index in [1.165, 1.54) is 40.9 Å². The fourth-order valence-electron chi connectivity index (χ4n) is 3.71. The van der Waals surface area contributed by atoms with Crippen LogP contribution in [0.2, 0.25) is 0 Å². The third kappa shape index (κ3) is 2.63. The van der Waals surface area contributed by atoms with Gasteiger partial charge in [-0.25, -0.2) is 13.8 Å². The van der Waals surface area contributed by atoms with Crippen molar-refractivity contribution in [1.29, 1.82) is 0 Å². The summed E-state index contributed by atoms with van der Waals surface area (Å²) in [6.07, 6.45) is 3.33.